The third-order valence-electron chi connectivity index (χ3n) is 17.9. The molecule has 3 fully saturated rings. The molecule has 104 heavy (non-hydrogen) atoms. The van der Waals surface area contributed by atoms with Gasteiger partial charge in [0.15, 0.2) is 16.9 Å². The Morgan fingerprint density at radius 3 is 1.40 bits per heavy atom. The second-order valence-electron chi connectivity index (χ2n) is 25.3. The van der Waals surface area contributed by atoms with Crippen LogP contribution in [0.2, 0.25) is 0 Å². The predicted molar refractivity (Wildman–Crippen MR) is 401 cm³/mol. The lowest BCUT2D eigenvalue weighted by molar-refractivity contribution is -0.131. The van der Waals surface area contributed by atoms with Gasteiger partial charge in [-0.25, -0.2) is 43.9 Å². The Balaban J connectivity index is 0.000000139. The van der Waals surface area contributed by atoms with Crippen molar-refractivity contribution in [3.8, 4) is 68.3 Å². The van der Waals surface area contributed by atoms with E-state index in [1.165, 1.54) is 19.0 Å². The molecule has 0 spiro atoms. The minimum atomic E-state index is -0.190. The molecule has 27 heteroatoms. The van der Waals surface area contributed by atoms with Crippen molar-refractivity contribution in [1.82, 2.24) is 74.8 Å². The fourth-order valence-corrected chi connectivity index (χ4v) is 14.0. The van der Waals surface area contributed by atoms with Crippen molar-refractivity contribution in [3.63, 3.8) is 0 Å². The van der Waals surface area contributed by atoms with Crippen LogP contribution in [-0.2, 0) is 23.9 Å². The minimum absolute atomic E-state index is 0.0192. The molecule has 3 saturated heterocycles. The van der Waals surface area contributed by atoms with E-state index in [2.05, 4.69) is 40.5 Å². The number of fused-ring (bicyclic) bond motifs is 3. The largest absolute Gasteiger partial charge is 0.457 e. The van der Waals surface area contributed by atoms with Gasteiger partial charge in [0.2, 0.25) is 17.7 Å². The van der Waals surface area contributed by atoms with Crippen molar-refractivity contribution in [2.45, 2.75) is 102 Å². The summed E-state index contributed by atoms with van der Waals surface area (Å²) in [6, 6.07) is 52.1. The SMILES string of the molecule is CCC(=O)NC1CCC(n2nc(-c3ccc(Oc4ccccc4)cc3)c3c(N)ncnc32)SC1.CCCC(=O)N1CCOCC(n2nc(-c3ccc(Oc4ccccc4)cc3)c3c(N)ncnc32)C1.CCCC(=O)NCC1CC(n2nc(-c3ccc(Oc4ccccc4)cc3)c3c(N)ncnc32)CO1. The molecule has 0 aliphatic carbocycles. The number of hydrogen-bond acceptors (Lipinski definition) is 21. The molecule has 5 atom stereocenters. The average Bonchev–Trinajstić information content (AvgIpc) is 1.62. The smallest absolute Gasteiger partial charge is 0.222 e. The molecule has 8 N–H and O–H groups in total. The fraction of sp³-hybridized carbons (Fsp3) is 0.299. The molecule has 5 unspecified atom stereocenters. The van der Waals surface area contributed by atoms with Crippen LogP contribution in [0.25, 0.3) is 66.9 Å². The highest BCUT2D eigenvalue weighted by Crippen LogP contribution is 2.41. The molecule has 15 rings (SSSR count). The monoisotopic (exact) mass is 1420 g/mol. The third kappa shape index (κ3) is 16.8. The van der Waals surface area contributed by atoms with Crippen molar-refractivity contribution in [1.29, 1.82) is 0 Å². The van der Waals surface area contributed by atoms with E-state index in [9.17, 15) is 14.4 Å². The molecule has 3 amide bonds. The van der Waals surface area contributed by atoms with E-state index >= 15 is 0 Å². The lowest BCUT2D eigenvalue weighted by Crippen LogP contribution is -2.39. The maximum atomic E-state index is 12.6. The first-order valence-corrected chi connectivity index (χ1v) is 36.0. The highest BCUT2D eigenvalue weighted by atomic mass is 32.2. The van der Waals surface area contributed by atoms with Crippen LogP contribution in [0.1, 0.15) is 89.6 Å². The van der Waals surface area contributed by atoms with Gasteiger partial charge in [0.25, 0.3) is 0 Å². The second kappa shape index (κ2) is 33.5. The topological polar surface area (TPSA) is 334 Å². The van der Waals surface area contributed by atoms with Gasteiger partial charge >= 0.3 is 0 Å². The highest BCUT2D eigenvalue weighted by molar-refractivity contribution is 7.99. The van der Waals surface area contributed by atoms with Crippen LogP contribution in [0, 0.1) is 0 Å². The summed E-state index contributed by atoms with van der Waals surface area (Å²) in [5.74, 6) is 6.75. The lowest BCUT2D eigenvalue weighted by Gasteiger charge is -2.28. The summed E-state index contributed by atoms with van der Waals surface area (Å²) < 4.78 is 35.2. The Morgan fingerprint density at radius 2 is 0.962 bits per heavy atom. The van der Waals surface area contributed by atoms with Crippen LogP contribution in [0.3, 0.4) is 0 Å². The van der Waals surface area contributed by atoms with E-state index < -0.39 is 0 Å². The van der Waals surface area contributed by atoms with Gasteiger partial charge in [-0.2, -0.15) is 15.3 Å². The number of carbonyl (C=O) groups is 3. The maximum absolute atomic E-state index is 12.6. The Hall–Kier alpha value is -11.6. The van der Waals surface area contributed by atoms with E-state index in [0.29, 0.717) is 110 Å². The number of nitrogens with zero attached hydrogens (tertiary/aromatic N) is 13. The molecule has 0 bridgehead atoms. The molecule has 9 heterocycles. The highest BCUT2D eigenvalue weighted by Gasteiger charge is 2.33. The number of amides is 3. The number of ether oxygens (including phenoxy) is 5. The minimum Gasteiger partial charge on any atom is -0.457 e. The number of benzene rings is 6. The lowest BCUT2D eigenvalue weighted by atomic mass is 10.1. The Kier molecular flexibility index (Phi) is 22.8. The molecular weight excluding hydrogens is 1340 g/mol. The molecule has 0 radical (unpaired) electrons. The summed E-state index contributed by atoms with van der Waals surface area (Å²) in [6.07, 6.45) is 9.97. The third-order valence-corrected chi connectivity index (χ3v) is 19.3. The summed E-state index contributed by atoms with van der Waals surface area (Å²) in [7, 11) is 0. The summed E-state index contributed by atoms with van der Waals surface area (Å²) in [5, 5.41) is 23.1. The number of nitrogen functional groups attached to an aromatic ring is 3. The standard InChI is InChI=1S/2C26H28N6O3.C25H26N6O2S/c1-2-6-22(33)28-14-21-13-18(15-34-21)32-26-23(25(27)29-16-30-26)24(31-32)17-9-11-20(12-10-17)35-19-7-4-3-5-8-19;1-2-6-22(33)31-13-14-34-16-19(15-31)32-26-23(25(27)28-17-29-26)24(30-32)18-9-11-21(12-10-18)35-20-7-4-3-5-8-20;1-2-20(32)29-17-10-13-21(34-14-17)31-25-22(24(26)27-15-28-25)23(30-31)16-8-11-19(12-9-16)33-18-6-4-3-5-7-18/h3-5,7-12,16,18,21H,2,6,13-15H2,1H3,(H,28,33)(H2,27,29,30);3-5,7-12,17,19H,2,6,13-16H2,1H3,(H2,27,28,29);3-9,11-12,15,17,21H,2,10,13-14H2,1H3,(H,29,32)(H2,26,27,28). The van der Waals surface area contributed by atoms with Gasteiger partial charge in [-0.05, 0) is 135 Å². The maximum Gasteiger partial charge on any atom is 0.222 e. The number of nitrogens with two attached hydrogens (primary N) is 3. The molecular formula is C77H82N18O8S. The quantitative estimate of drug-likeness (QED) is 0.0473. The number of thioether (sulfide) groups is 1. The van der Waals surface area contributed by atoms with Crippen LogP contribution in [0.5, 0.6) is 34.5 Å². The Labute approximate surface area is 605 Å². The van der Waals surface area contributed by atoms with Crippen LogP contribution in [-0.4, -0.2) is 139 Å². The molecule has 12 aromatic rings. The van der Waals surface area contributed by atoms with E-state index in [-0.39, 0.29) is 47.3 Å². The molecule has 0 saturated carbocycles. The van der Waals surface area contributed by atoms with Gasteiger partial charge in [-0.15, -0.1) is 11.8 Å². The normalized spacial score (nSPS) is 17.3. The van der Waals surface area contributed by atoms with Crippen molar-refractivity contribution in [2.24, 2.45) is 0 Å². The van der Waals surface area contributed by atoms with E-state index in [0.717, 1.165) is 106 Å². The van der Waals surface area contributed by atoms with E-state index in [1.807, 2.05) is 204 Å². The Morgan fingerprint density at radius 1 is 0.519 bits per heavy atom. The first-order chi connectivity index (χ1) is 50.9. The number of rotatable bonds is 20. The van der Waals surface area contributed by atoms with Gasteiger partial charge in [-0.1, -0.05) is 75.4 Å². The zero-order valence-electron chi connectivity index (χ0n) is 58.0. The number of aromatic nitrogens is 12. The van der Waals surface area contributed by atoms with Gasteiger partial charge in [-0.3, -0.25) is 14.4 Å². The van der Waals surface area contributed by atoms with E-state index in [1.54, 1.807) is 11.8 Å². The predicted octanol–water partition coefficient (Wildman–Crippen LogP) is 13.0. The van der Waals surface area contributed by atoms with Crippen LogP contribution in [0.15, 0.2) is 183 Å². The zero-order valence-corrected chi connectivity index (χ0v) is 58.9. The average molecular weight is 1420 g/mol. The summed E-state index contributed by atoms with van der Waals surface area (Å²) in [6.45, 7) is 8.84. The molecule has 6 aromatic heterocycles. The van der Waals surface area contributed by atoms with Gasteiger partial charge < -0.3 is 56.4 Å². The van der Waals surface area contributed by atoms with Crippen molar-refractivity contribution in [3.05, 3.63) is 183 Å². The van der Waals surface area contributed by atoms with Crippen molar-refractivity contribution < 1.29 is 38.1 Å². The first kappa shape index (κ1) is 70.9. The van der Waals surface area contributed by atoms with Crippen molar-refractivity contribution in [2.75, 3.05) is 62.4 Å². The van der Waals surface area contributed by atoms with Crippen LogP contribution in [0.4, 0.5) is 17.5 Å². The molecule has 3 aliphatic rings. The molecule has 26 nitrogen and oxygen atoms in total. The first-order valence-electron chi connectivity index (χ1n) is 35.0. The number of carbonyl (C=O) groups excluding carboxylic acids is 3. The Bertz CT molecular complexity index is 4870. The fourth-order valence-electron chi connectivity index (χ4n) is 12.7. The summed E-state index contributed by atoms with van der Waals surface area (Å²) in [4.78, 5) is 64.2. The second-order valence-corrected chi connectivity index (χ2v) is 26.5. The van der Waals surface area contributed by atoms with Gasteiger partial charge in [0, 0.05) is 73.8 Å². The summed E-state index contributed by atoms with van der Waals surface area (Å²) >= 11 is 1.77. The van der Waals surface area contributed by atoms with Crippen LogP contribution >= 0.6 is 11.8 Å². The van der Waals surface area contributed by atoms with E-state index in [4.69, 9.17) is 56.2 Å². The number of nitrogens with one attached hydrogen (secondary N) is 2. The van der Waals surface area contributed by atoms with Crippen LogP contribution < -0.4 is 42.0 Å². The van der Waals surface area contributed by atoms with Gasteiger partial charge in [0.05, 0.1) is 59.5 Å². The number of anilines is 3. The van der Waals surface area contributed by atoms with Gasteiger partial charge in [0.1, 0.15) is 88.0 Å². The zero-order chi connectivity index (χ0) is 71.9. The molecule has 6 aromatic carbocycles. The molecule has 534 valence electrons. The molecule has 3 aliphatic heterocycles. The number of hydrogen-bond donors (Lipinski definition) is 5. The number of para-hydroxylation sites is 3. The summed E-state index contributed by atoms with van der Waals surface area (Å²) in [5.41, 5.74) is 25.7. The van der Waals surface area contributed by atoms with Crippen molar-refractivity contribution >= 4 is 80.0 Å².